The first-order chi connectivity index (χ1) is 11.3. The molecule has 2 heterocycles. The molecule has 0 spiro atoms. The third-order valence-electron chi connectivity index (χ3n) is 3.98. The van der Waals surface area contributed by atoms with E-state index in [1.165, 1.54) is 12.8 Å². The fourth-order valence-electron chi connectivity index (χ4n) is 2.55. The van der Waals surface area contributed by atoms with Gasteiger partial charge < -0.3 is 9.42 Å². The quantitative estimate of drug-likeness (QED) is 0.749. The molecule has 1 amide bonds. The topological polar surface area (TPSA) is 72.1 Å². The maximum atomic E-state index is 12.4. The Balaban J connectivity index is 1.55. The monoisotopic (exact) mass is 314 g/mol. The lowest BCUT2D eigenvalue weighted by atomic mass is 10.2. The molecule has 6 heteroatoms. The number of carbonyl (C=O) groups excluding carboxylic acids is 1. The molecule has 6 nitrogen and oxygen atoms in total. The molecule has 122 valence electrons. The van der Waals surface area contributed by atoms with Gasteiger partial charge in [-0.2, -0.15) is 4.98 Å². The van der Waals surface area contributed by atoms with Crippen molar-refractivity contribution >= 4 is 5.91 Å². The summed E-state index contributed by atoms with van der Waals surface area (Å²) >= 11 is 0. The summed E-state index contributed by atoms with van der Waals surface area (Å²) in [5, 5.41) is 3.97. The van der Waals surface area contributed by atoms with Gasteiger partial charge in [-0.25, -0.2) is 0 Å². The summed E-state index contributed by atoms with van der Waals surface area (Å²) in [5.74, 6) is 1.95. The average molecular weight is 314 g/mol. The van der Waals surface area contributed by atoms with Crippen LogP contribution in [0.4, 0.5) is 0 Å². The SMILES string of the molecule is CCCN(CC1CC1)C(=O)CCc1nc(-c2ccncc2)no1. The number of aromatic nitrogens is 3. The molecule has 1 fully saturated rings. The molecule has 0 N–H and O–H groups in total. The molecule has 2 aromatic heterocycles. The van der Waals surface area contributed by atoms with Crippen molar-refractivity contribution in [1.29, 1.82) is 0 Å². The van der Waals surface area contributed by atoms with E-state index in [2.05, 4.69) is 22.0 Å². The second kappa shape index (κ2) is 7.35. The van der Waals surface area contributed by atoms with Crippen LogP contribution in [0.2, 0.25) is 0 Å². The van der Waals surface area contributed by atoms with Crippen LogP contribution in [0.5, 0.6) is 0 Å². The average Bonchev–Trinajstić information content (AvgIpc) is 3.27. The Morgan fingerprint density at radius 1 is 1.35 bits per heavy atom. The molecule has 1 aliphatic carbocycles. The predicted octanol–water partition coefficient (Wildman–Crippen LogP) is 2.71. The van der Waals surface area contributed by atoms with Crippen LogP contribution in [-0.2, 0) is 11.2 Å². The van der Waals surface area contributed by atoms with Gasteiger partial charge in [-0.1, -0.05) is 12.1 Å². The molecule has 0 bridgehead atoms. The van der Waals surface area contributed by atoms with Crippen LogP contribution in [0, 0.1) is 5.92 Å². The smallest absolute Gasteiger partial charge is 0.227 e. The summed E-state index contributed by atoms with van der Waals surface area (Å²) in [7, 11) is 0. The van der Waals surface area contributed by atoms with Gasteiger partial charge in [0.1, 0.15) is 0 Å². The number of aryl methyl sites for hydroxylation is 1. The van der Waals surface area contributed by atoms with E-state index in [4.69, 9.17) is 4.52 Å². The molecule has 1 saturated carbocycles. The highest BCUT2D eigenvalue weighted by molar-refractivity contribution is 5.76. The van der Waals surface area contributed by atoms with Crippen molar-refractivity contribution < 1.29 is 9.32 Å². The van der Waals surface area contributed by atoms with Crippen molar-refractivity contribution in [1.82, 2.24) is 20.0 Å². The van der Waals surface area contributed by atoms with Crippen molar-refractivity contribution in [3.05, 3.63) is 30.4 Å². The molecule has 2 aromatic rings. The van der Waals surface area contributed by atoms with Gasteiger partial charge in [-0.05, 0) is 37.3 Å². The zero-order valence-corrected chi connectivity index (χ0v) is 13.4. The van der Waals surface area contributed by atoms with Gasteiger partial charge in [0.05, 0.1) is 0 Å². The van der Waals surface area contributed by atoms with E-state index in [1.807, 2.05) is 17.0 Å². The summed E-state index contributed by atoms with van der Waals surface area (Å²) in [5.41, 5.74) is 0.864. The highest BCUT2D eigenvalue weighted by atomic mass is 16.5. The second-order valence-corrected chi connectivity index (χ2v) is 6.03. The van der Waals surface area contributed by atoms with Crippen molar-refractivity contribution in [3.8, 4) is 11.4 Å². The van der Waals surface area contributed by atoms with Gasteiger partial charge in [0.15, 0.2) is 0 Å². The Morgan fingerprint density at radius 2 is 2.13 bits per heavy atom. The minimum absolute atomic E-state index is 0.183. The number of rotatable bonds is 8. The molecule has 0 radical (unpaired) electrons. The van der Waals surface area contributed by atoms with Crippen molar-refractivity contribution in [2.75, 3.05) is 13.1 Å². The molecule has 23 heavy (non-hydrogen) atoms. The minimum atomic E-state index is 0.183. The van der Waals surface area contributed by atoms with Crippen LogP contribution in [0.1, 0.15) is 38.5 Å². The summed E-state index contributed by atoms with van der Waals surface area (Å²) < 4.78 is 5.25. The highest BCUT2D eigenvalue weighted by Crippen LogP contribution is 2.30. The van der Waals surface area contributed by atoms with E-state index in [1.54, 1.807) is 12.4 Å². The Labute approximate surface area is 135 Å². The lowest BCUT2D eigenvalue weighted by molar-refractivity contribution is -0.131. The molecule has 0 aromatic carbocycles. The van der Waals surface area contributed by atoms with Crippen molar-refractivity contribution in [2.45, 2.75) is 39.0 Å². The van der Waals surface area contributed by atoms with E-state index in [-0.39, 0.29) is 5.91 Å². The van der Waals surface area contributed by atoms with Crippen LogP contribution < -0.4 is 0 Å². The van der Waals surface area contributed by atoms with E-state index in [9.17, 15) is 4.79 Å². The lowest BCUT2D eigenvalue weighted by Crippen LogP contribution is -2.33. The Hall–Kier alpha value is -2.24. The zero-order valence-electron chi connectivity index (χ0n) is 13.4. The first-order valence-electron chi connectivity index (χ1n) is 8.27. The van der Waals surface area contributed by atoms with E-state index in [0.717, 1.165) is 25.1 Å². The molecular formula is C17H22N4O2. The van der Waals surface area contributed by atoms with Gasteiger partial charge in [-0.15, -0.1) is 0 Å². The van der Waals surface area contributed by atoms with Gasteiger partial charge >= 0.3 is 0 Å². The second-order valence-electron chi connectivity index (χ2n) is 6.03. The number of hydrogen-bond acceptors (Lipinski definition) is 5. The fourth-order valence-corrected chi connectivity index (χ4v) is 2.55. The molecule has 1 aliphatic rings. The Kier molecular flexibility index (Phi) is 5.00. The standard InChI is InChI=1S/C17H22N4O2/c1-2-11-21(12-13-3-4-13)16(22)6-5-15-19-17(20-23-15)14-7-9-18-10-8-14/h7-10,13H,2-6,11-12H2,1H3. The molecular weight excluding hydrogens is 292 g/mol. The maximum absolute atomic E-state index is 12.4. The summed E-state index contributed by atoms with van der Waals surface area (Å²) in [6, 6.07) is 3.66. The van der Waals surface area contributed by atoms with Gasteiger partial charge in [0, 0.05) is 43.9 Å². The van der Waals surface area contributed by atoms with Gasteiger partial charge in [-0.3, -0.25) is 9.78 Å². The van der Waals surface area contributed by atoms with Gasteiger partial charge in [0.2, 0.25) is 17.6 Å². The van der Waals surface area contributed by atoms with E-state index >= 15 is 0 Å². The molecule has 0 unspecified atom stereocenters. The number of carbonyl (C=O) groups is 1. The van der Waals surface area contributed by atoms with Crippen LogP contribution in [-0.4, -0.2) is 39.0 Å². The summed E-state index contributed by atoms with van der Waals surface area (Å²) in [6.45, 7) is 3.84. The van der Waals surface area contributed by atoms with Crippen LogP contribution >= 0.6 is 0 Å². The number of nitrogens with zero attached hydrogens (tertiary/aromatic N) is 4. The molecule has 0 aliphatic heterocycles. The largest absolute Gasteiger partial charge is 0.342 e. The van der Waals surface area contributed by atoms with E-state index < -0.39 is 0 Å². The number of pyridine rings is 1. The Morgan fingerprint density at radius 3 is 2.83 bits per heavy atom. The van der Waals surface area contributed by atoms with Crippen LogP contribution in [0.25, 0.3) is 11.4 Å². The molecule has 0 saturated heterocycles. The molecule has 3 rings (SSSR count). The lowest BCUT2D eigenvalue weighted by Gasteiger charge is -2.21. The molecule has 0 atom stereocenters. The number of hydrogen-bond donors (Lipinski definition) is 0. The first kappa shape index (κ1) is 15.6. The predicted molar refractivity (Wildman–Crippen MR) is 85.4 cm³/mol. The fraction of sp³-hybridized carbons (Fsp3) is 0.529. The zero-order chi connectivity index (χ0) is 16.1. The Bertz CT molecular complexity index is 637. The minimum Gasteiger partial charge on any atom is -0.342 e. The van der Waals surface area contributed by atoms with Gasteiger partial charge in [0.25, 0.3) is 0 Å². The van der Waals surface area contributed by atoms with Crippen molar-refractivity contribution in [2.24, 2.45) is 5.92 Å². The number of amides is 1. The summed E-state index contributed by atoms with van der Waals surface area (Å²) in [4.78, 5) is 22.7. The van der Waals surface area contributed by atoms with Crippen LogP contribution in [0.3, 0.4) is 0 Å². The third kappa shape index (κ3) is 4.37. The maximum Gasteiger partial charge on any atom is 0.227 e. The summed E-state index contributed by atoms with van der Waals surface area (Å²) in [6.07, 6.45) is 7.79. The normalized spacial score (nSPS) is 14.0. The highest BCUT2D eigenvalue weighted by Gasteiger charge is 2.26. The third-order valence-corrected chi connectivity index (χ3v) is 3.98. The van der Waals surface area contributed by atoms with Crippen molar-refractivity contribution in [3.63, 3.8) is 0 Å². The first-order valence-corrected chi connectivity index (χ1v) is 8.27. The van der Waals surface area contributed by atoms with E-state index in [0.29, 0.717) is 30.5 Å². The van der Waals surface area contributed by atoms with Crippen LogP contribution in [0.15, 0.2) is 29.0 Å².